The highest BCUT2D eigenvalue weighted by atomic mass is 35.5. The highest BCUT2D eigenvalue weighted by Crippen LogP contribution is 2.34. The first-order valence-corrected chi connectivity index (χ1v) is 15.7. The Morgan fingerprint density at radius 2 is 1.64 bits per heavy atom. The number of carbonyl (C=O) groups is 2. The van der Waals surface area contributed by atoms with Crippen LogP contribution in [0, 0.1) is 26.7 Å². The van der Waals surface area contributed by atoms with Gasteiger partial charge in [-0.05, 0) is 105 Å². The number of ether oxygens (including phenoxy) is 2. The molecule has 0 radical (unpaired) electrons. The molecular weight excluding hydrogens is 621 g/mol. The fourth-order valence-electron chi connectivity index (χ4n) is 5.53. The van der Waals surface area contributed by atoms with Crippen LogP contribution in [0.15, 0.2) is 54.6 Å². The van der Waals surface area contributed by atoms with E-state index in [1.54, 1.807) is 36.4 Å². The summed E-state index contributed by atoms with van der Waals surface area (Å²) in [6.07, 6.45) is 2.75. The van der Waals surface area contributed by atoms with Crippen molar-refractivity contribution in [3.8, 4) is 11.5 Å². The van der Waals surface area contributed by atoms with E-state index in [4.69, 9.17) is 32.7 Å². The number of carbonyl (C=O) groups excluding carboxylic acids is 2. The molecule has 44 heavy (non-hydrogen) atoms. The summed E-state index contributed by atoms with van der Waals surface area (Å²) in [5, 5.41) is 7.44. The molecule has 7 nitrogen and oxygen atoms in total. The number of nitrogens with one attached hydrogen (secondary N) is 2. The molecule has 236 valence electrons. The molecule has 1 saturated heterocycles. The lowest BCUT2D eigenvalue weighted by atomic mass is 9.91. The molecule has 1 aliphatic heterocycles. The van der Waals surface area contributed by atoms with E-state index < -0.39 is 0 Å². The van der Waals surface area contributed by atoms with E-state index in [0.717, 1.165) is 24.9 Å². The first kappa shape index (κ1) is 33.9. The summed E-state index contributed by atoms with van der Waals surface area (Å²) in [6, 6.07) is 16.9. The Bertz CT molecular complexity index is 1440. The molecule has 3 aromatic carbocycles. The molecule has 0 spiro atoms. The second-order valence-electron chi connectivity index (χ2n) is 11.5. The average Bonchev–Trinajstić information content (AvgIpc) is 3.83. The van der Waals surface area contributed by atoms with Gasteiger partial charge in [-0.2, -0.15) is 0 Å². The Kier molecular flexibility index (Phi) is 11.8. The van der Waals surface area contributed by atoms with Crippen molar-refractivity contribution < 1.29 is 19.1 Å². The molecule has 10 heteroatoms. The van der Waals surface area contributed by atoms with Gasteiger partial charge in [-0.3, -0.25) is 9.59 Å². The van der Waals surface area contributed by atoms with Gasteiger partial charge in [0, 0.05) is 30.7 Å². The van der Waals surface area contributed by atoms with Gasteiger partial charge in [0.05, 0.1) is 16.0 Å². The Morgan fingerprint density at radius 1 is 0.955 bits per heavy atom. The van der Waals surface area contributed by atoms with Gasteiger partial charge in [-0.25, -0.2) is 0 Å². The van der Waals surface area contributed by atoms with Crippen molar-refractivity contribution >= 4 is 47.4 Å². The largest absolute Gasteiger partial charge is 0.490 e. The van der Waals surface area contributed by atoms with E-state index >= 15 is 0 Å². The average molecular weight is 661 g/mol. The molecule has 2 aliphatic rings. The van der Waals surface area contributed by atoms with E-state index in [0.29, 0.717) is 46.6 Å². The van der Waals surface area contributed by atoms with E-state index in [9.17, 15) is 9.59 Å². The second kappa shape index (κ2) is 15.3. The zero-order chi connectivity index (χ0) is 30.5. The summed E-state index contributed by atoms with van der Waals surface area (Å²) in [5.74, 6) is 0.643. The zero-order valence-electron chi connectivity index (χ0n) is 25.3. The lowest BCUT2D eigenvalue weighted by Gasteiger charge is -2.36. The minimum absolute atomic E-state index is 0. The number of halogens is 3. The standard InChI is InChI=1S/C34H39Cl2N3O4.ClH/c1-21-17-29(35)32(30(36)18-21)43-16-15-42-27-11-7-24(8-12-27)33(40)38-31-13-14-37-19-28(31)34(41)39(26-9-10-26)20-25-6-4-5-22(2)23(25)3;/h4-8,11-12,17-18,26,28,31,37H,9-10,13-16,19-20H2,1-3H3,(H,38,40);1H/t28?,31-;/m0./s1. The third kappa shape index (κ3) is 8.39. The van der Waals surface area contributed by atoms with Crippen LogP contribution < -0.4 is 20.1 Å². The van der Waals surface area contributed by atoms with Crippen LogP contribution in [0.4, 0.5) is 0 Å². The smallest absolute Gasteiger partial charge is 0.251 e. The molecular formula is C34H40Cl3N3O4. The molecule has 3 aromatic rings. The topological polar surface area (TPSA) is 79.9 Å². The second-order valence-corrected chi connectivity index (χ2v) is 12.3. The maximum atomic E-state index is 13.9. The first-order valence-electron chi connectivity index (χ1n) is 14.9. The van der Waals surface area contributed by atoms with Gasteiger partial charge in [0.15, 0.2) is 5.75 Å². The van der Waals surface area contributed by atoms with Gasteiger partial charge < -0.3 is 25.0 Å². The highest BCUT2D eigenvalue weighted by molar-refractivity contribution is 6.37. The number of benzene rings is 3. The maximum absolute atomic E-state index is 13.9. The molecule has 2 atom stereocenters. The van der Waals surface area contributed by atoms with Crippen LogP contribution in [-0.4, -0.2) is 55.1 Å². The predicted molar refractivity (Wildman–Crippen MR) is 178 cm³/mol. The number of rotatable bonds is 11. The van der Waals surface area contributed by atoms with Crippen LogP contribution >= 0.6 is 35.6 Å². The predicted octanol–water partition coefficient (Wildman–Crippen LogP) is 6.70. The Balaban J connectivity index is 0.00000442. The van der Waals surface area contributed by atoms with Gasteiger partial charge >= 0.3 is 0 Å². The third-order valence-corrected chi connectivity index (χ3v) is 8.86. The normalized spacial score (nSPS) is 17.8. The summed E-state index contributed by atoms with van der Waals surface area (Å²) in [7, 11) is 0. The van der Waals surface area contributed by atoms with Crippen molar-refractivity contribution in [1.82, 2.24) is 15.5 Å². The van der Waals surface area contributed by atoms with Crippen LogP contribution in [0.5, 0.6) is 11.5 Å². The Hall–Kier alpha value is -2.97. The maximum Gasteiger partial charge on any atom is 0.251 e. The van der Waals surface area contributed by atoms with Gasteiger partial charge in [0.1, 0.15) is 19.0 Å². The summed E-state index contributed by atoms with van der Waals surface area (Å²) in [5.41, 5.74) is 5.11. The molecule has 1 unspecified atom stereocenters. The monoisotopic (exact) mass is 659 g/mol. The van der Waals surface area contributed by atoms with Crippen molar-refractivity contribution in [2.24, 2.45) is 5.92 Å². The molecule has 2 amide bonds. The van der Waals surface area contributed by atoms with Crippen molar-refractivity contribution in [3.63, 3.8) is 0 Å². The molecule has 5 rings (SSSR count). The number of hydrogen-bond acceptors (Lipinski definition) is 5. The zero-order valence-corrected chi connectivity index (χ0v) is 27.7. The molecule has 2 fully saturated rings. The van der Waals surface area contributed by atoms with Gasteiger partial charge in [-0.1, -0.05) is 41.4 Å². The van der Waals surface area contributed by atoms with Crippen LogP contribution in [0.25, 0.3) is 0 Å². The summed E-state index contributed by atoms with van der Waals surface area (Å²) in [6.45, 7) is 8.58. The fourth-order valence-corrected chi connectivity index (χ4v) is 6.23. The Labute approximate surface area is 276 Å². The number of amides is 2. The van der Waals surface area contributed by atoms with Gasteiger partial charge in [0.2, 0.25) is 5.91 Å². The van der Waals surface area contributed by atoms with Gasteiger partial charge in [0.25, 0.3) is 5.91 Å². The molecule has 1 aliphatic carbocycles. The minimum atomic E-state index is -0.318. The minimum Gasteiger partial charge on any atom is -0.490 e. The van der Waals surface area contributed by atoms with Crippen molar-refractivity contribution in [1.29, 1.82) is 0 Å². The van der Waals surface area contributed by atoms with E-state index in [-0.39, 0.29) is 55.4 Å². The number of aryl methyl sites for hydroxylation is 2. The van der Waals surface area contributed by atoms with Crippen molar-refractivity contribution in [2.75, 3.05) is 26.3 Å². The molecule has 1 heterocycles. The molecule has 0 bridgehead atoms. The summed E-state index contributed by atoms with van der Waals surface area (Å²) >= 11 is 12.5. The summed E-state index contributed by atoms with van der Waals surface area (Å²) < 4.78 is 11.5. The lowest BCUT2D eigenvalue weighted by molar-refractivity contribution is -0.138. The molecule has 2 N–H and O–H groups in total. The SMILES string of the molecule is Cc1cc(Cl)c(OCCOc2ccc(C(=O)N[C@H]3CCNCC3C(=O)N(Cc3cccc(C)c3C)C3CC3)cc2)c(Cl)c1.Cl. The molecule has 0 aromatic heterocycles. The van der Waals surface area contributed by atoms with Gasteiger partial charge in [-0.15, -0.1) is 12.4 Å². The highest BCUT2D eigenvalue weighted by Gasteiger charge is 2.40. The van der Waals surface area contributed by atoms with E-state index in [1.165, 1.54) is 16.7 Å². The van der Waals surface area contributed by atoms with Crippen molar-refractivity contribution in [2.45, 2.75) is 58.7 Å². The van der Waals surface area contributed by atoms with Crippen LogP contribution in [0.3, 0.4) is 0 Å². The van der Waals surface area contributed by atoms with Crippen LogP contribution in [-0.2, 0) is 11.3 Å². The molecule has 1 saturated carbocycles. The van der Waals surface area contributed by atoms with Crippen molar-refractivity contribution in [3.05, 3.63) is 92.5 Å². The number of piperidine rings is 1. The van der Waals surface area contributed by atoms with E-state index in [1.807, 2.05) is 11.8 Å². The fraction of sp³-hybridized carbons (Fsp3) is 0.412. The third-order valence-electron chi connectivity index (χ3n) is 8.30. The summed E-state index contributed by atoms with van der Waals surface area (Å²) in [4.78, 5) is 29.2. The lowest BCUT2D eigenvalue weighted by Crippen LogP contribution is -2.55. The number of nitrogens with zero attached hydrogens (tertiary/aromatic N) is 1. The Morgan fingerprint density at radius 3 is 2.32 bits per heavy atom. The van der Waals surface area contributed by atoms with E-state index in [2.05, 4.69) is 42.7 Å². The van der Waals surface area contributed by atoms with Crippen LogP contribution in [0.1, 0.15) is 51.9 Å². The van der Waals surface area contributed by atoms with Crippen LogP contribution in [0.2, 0.25) is 10.0 Å². The quantitative estimate of drug-likeness (QED) is 0.224. The first-order chi connectivity index (χ1) is 20.7. The number of hydrogen-bond donors (Lipinski definition) is 2.